The predicted molar refractivity (Wildman–Crippen MR) is 65.2 cm³/mol. The molecule has 1 saturated carbocycles. The number of hydrogen-bond donors (Lipinski definition) is 1. The zero-order valence-corrected chi connectivity index (χ0v) is 10.2. The van der Waals surface area contributed by atoms with Crippen LogP contribution in [-0.2, 0) is 4.79 Å². The van der Waals surface area contributed by atoms with Crippen molar-refractivity contribution in [1.29, 1.82) is 0 Å². The summed E-state index contributed by atoms with van der Waals surface area (Å²) in [6.07, 6.45) is 5.65. The third-order valence-corrected chi connectivity index (χ3v) is 3.53. The van der Waals surface area contributed by atoms with Crippen LogP contribution in [0.2, 0.25) is 0 Å². The van der Waals surface area contributed by atoms with E-state index in [-0.39, 0.29) is 5.92 Å². The first-order chi connectivity index (χ1) is 9.25. The number of carboxylic acids is 1. The molecule has 3 rings (SSSR count). The summed E-state index contributed by atoms with van der Waals surface area (Å²) in [7, 11) is 0. The van der Waals surface area contributed by atoms with Gasteiger partial charge in [0.25, 0.3) is 0 Å². The minimum Gasteiger partial charge on any atom is -0.481 e. The second-order valence-corrected chi connectivity index (χ2v) is 4.67. The minimum absolute atomic E-state index is 0.166. The molecule has 98 valence electrons. The van der Waals surface area contributed by atoms with Crippen LogP contribution in [0.1, 0.15) is 31.1 Å². The van der Waals surface area contributed by atoms with Crippen LogP contribution in [0.25, 0.3) is 11.4 Å². The summed E-state index contributed by atoms with van der Waals surface area (Å²) >= 11 is 0. The molecule has 1 fully saturated rings. The molecule has 0 spiro atoms. The number of hydrogen-bond acceptors (Lipinski definition) is 5. The van der Waals surface area contributed by atoms with Crippen molar-refractivity contribution in [3.05, 3.63) is 30.4 Å². The molecular formula is C13H13N3O3. The first-order valence-corrected chi connectivity index (χ1v) is 6.22. The molecule has 0 aromatic carbocycles. The molecule has 1 N–H and O–H groups in total. The summed E-state index contributed by atoms with van der Waals surface area (Å²) in [5, 5.41) is 13.1. The van der Waals surface area contributed by atoms with Gasteiger partial charge in [-0.1, -0.05) is 11.6 Å². The molecule has 0 bridgehead atoms. The smallest absolute Gasteiger partial charge is 0.307 e. The number of aliphatic carboxylic acids is 1. The highest BCUT2D eigenvalue weighted by Gasteiger charge is 2.37. The standard InChI is InChI=1S/C13H13N3O3/c17-13(18)10-3-1-2-9(10)12-15-11(16-19-12)8-4-6-14-7-5-8/h4-7,9-10H,1-3H2,(H,17,18). The molecule has 6 nitrogen and oxygen atoms in total. The molecule has 2 unspecified atom stereocenters. The van der Waals surface area contributed by atoms with E-state index in [1.807, 2.05) is 0 Å². The van der Waals surface area contributed by atoms with E-state index in [1.54, 1.807) is 24.5 Å². The van der Waals surface area contributed by atoms with Gasteiger partial charge in [0.1, 0.15) is 0 Å². The molecule has 0 aliphatic heterocycles. The molecule has 2 heterocycles. The Labute approximate surface area is 109 Å². The molecule has 2 aromatic rings. The van der Waals surface area contributed by atoms with Crippen molar-refractivity contribution in [2.75, 3.05) is 0 Å². The van der Waals surface area contributed by atoms with E-state index in [1.165, 1.54) is 0 Å². The predicted octanol–water partition coefficient (Wildman–Crippen LogP) is 2.10. The fraction of sp³-hybridized carbons (Fsp3) is 0.385. The largest absolute Gasteiger partial charge is 0.481 e. The Bertz CT molecular complexity index is 582. The Morgan fingerprint density at radius 1 is 1.32 bits per heavy atom. The van der Waals surface area contributed by atoms with Crippen LogP contribution in [0.4, 0.5) is 0 Å². The third kappa shape index (κ3) is 2.21. The van der Waals surface area contributed by atoms with Gasteiger partial charge in [0.05, 0.1) is 11.8 Å². The zero-order valence-electron chi connectivity index (χ0n) is 10.2. The van der Waals surface area contributed by atoms with E-state index < -0.39 is 11.9 Å². The number of rotatable bonds is 3. The highest BCUT2D eigenvalue weighted by Crippen LogP contribution is 2.39. The van der Waals surface area contributed by atoms with Crippen LogP contribution in [0.5, 0.6) is 0 Å². The van der Waals surface area contributed by atoms with Gasteiger partial charge in [0.2, 0.25) is 11.7 Å². The Balaban J connectivity index is 1.87. The second kappa shape index (κ2) is 4.79. The molecule has 0 saturated heterocycles. The molecule has 6 heteroatoms. The van der Waals surface area contributed by atoms with Gasteiger partial charge in [-0.05, 0) is 25.0 Å². The Hall–Kier alpha value is -2.24. The SMILES string of the molecule is O=C(O)C1CCCC1c1nc(-c2ccncc2)no1. The van der Waals surface area contributed by atoms with E-state index in [2.05, 4.69) is 15.1 Å². The fourth-order valence-corrected chi connectivity index (χ4v) is 2.56. The lowest BCUT2D eigenvalue weighted by Crippen LogP contribution is -2.17. The third-order valence-electron chi connectivity index (χ3n) is 3.53. The maximum Gasteiger partial charge on any atom is 0.307 e. The summed E-state index contributed by atoms with van der Waals surface area (Å²) in [6.45, 7) is 0. The first-order valence-electron chi connectivity index (χ1n) is 6.22. The van der Waals surface area contributed by atoms with E-state index in [9.17, 15) is 9.90 Å². The summed E-state index contributed by atoms with van der Waals surface area (Å²) < 4.78 is 5.24. The molecule has 2 atom stereocenters. The number of pyridine rings is 1. The molecule has 19 heavy (non-hydrogen) atoms. The van der Waals surface area contributed by atoms with E-state index in [4.69, 9.17) is 4.52 Å². The van der Waals surface area contributed by atoms with Gasteiger partial charge in [0.15, 0.2) is 0 Å². The molecule has 0 radical (unpaired) electrons. The summed E-state index contributed by atoms with van der Waals surface area (Å²) in [5.74, 6) is -0.456. The maximum absolute atomic E-state index is 11.2. The van der Waals surface area contributed by atoms with E-state index in [0.29, 0.717) is 18.1 Å². The number of nitrogens with zero attached hydrogens (tertiary/aromatic N) is 3. The van der Waals surface area contributed by atoms with Crippen molar-refractivity contribution in [3.63, 3.8) is 0 Å². The molecule has 2 aromatic heterocycles. The van der Waals surface area contributed by atoms with Gasteiger partial charge in [-0.25, -0.2) is 0 Å². The van der Waals surface area contributed by atoms with Crippen molar-refractivity contribution in [1.82, 2.24) is 15.1 Å². The fourth-order valence-electron chi connectivity index (χ4n) is 2.56. The number of carbonyl (C=O) groups is 1. The van der Waals surface area contributed by atoms with Crippen molar-refractivity contribution in [2.24, 2.45) is 5.92 Å². The van der Waals surface area contributed by atoms with Gasteiger partial charge in [-0.2, -0.15) is 4.98 Å². The quantitative estimate of drug-likeness (QED) is 0.907. The highest BCUT2D eigenvalue weighted by atomic mass is 16.5. The number of carboxylic acid groups (broad SMARTS) is 1. The van der Waals surface area contributed by atoms with Crippen LogP contribution in [0, 0.1) is 5.92 Å². The monoisotopic (exact) mass is 259 g/mol. The molecule has 0 amide bonds. The maximum atomic E-state index is 11.2. The lowest BCUT2D eigenvalue weighted by Gasteiger charge is -2.09. The summed E-state index contributed by atoms with van der Waals surface area (Å²) in [5.41, 5.74) is 0.815. The van der Waals surface area contributed by atoms with Crippen LogP contribution >= 0.6 is 0 Å². The van der Waals surface area contributed by atoms with Gasteiger partial charge < -0.3 is 9.63 Å². The summed E-state index contributed by atoms with van der Waals surface area (Å²) in [6, 6.07) is 3.58. The van der Waals surface area contributed by atoms with Crippen LogP contribution in [0.3, 0.4) is 0 Å². The Morgan fingerprint density at radius 3 is 2.84 bits per heavy atom. The average Bonchev–Trinajstić information content (AvgIpc) is 3.08. The zero-order chi connectivity index (χ0) is 13.2. The summed E-state index contributed by atoms with van der Waals surface area (Å²) in [4.78, 5) is 19.4. The Kier molecular flexibility index (Phi) is 2.98. The van der Waals surface area contributed by atoms with Crippen molar-refractivity contribution in [2.45, 2.75) is 25.2 Å². The Morgan fingerprint density at radius 2 is 2.11 bits per heavy atom. The molecule has 1 aliphatic rings. The molecular weight excluding hydrogens is 246 g/mol. The van der Waals surface area contributed by atoms with E-state index >= 15 is 0 Å². The minimum atomic E-state index is -0.786. The van der Waals surface area contributed by atoms with Gasteiger partial charge in [-0.3, -0.25) is 9.78 Å². The lowest BCUT2D eigenvalue weighted by molar-refractivity contribution is -0.142. The van der Waals surface area contributed by atoms with E-state index in [0.717, 1.165) is 18.4 Å². The van der Waals surface area contributed by atoms with Crippen LogP contribution in [-0.4, -0.2) is 26.2 Å². The first kappa shape index (κ1) is 11.8. The van der Waals surface area contributed by atoms with Gasteiger partial charge >= 0.3 is 5.97 Å². The van der Waals surface area contributed by atoms with Crippen LogP contribution < -0.4 is 0 Å². The average molecular weight is 259 g/mol. The van der Waals surface area contributed by atoms with Gasteiger partial charge in [0, 0.05) is 18.0 Å². The normalized spacial score (nSPS) is 22.5. The lowest BCUT2D eigenvalue weighted by atomic mass is 9.96. The van der Waals surface area contributed by atoms with Crippen molar-refractivity contribution in [3.8, 4) is 11.4 Å². The van der Waals surface area contributed by atoms with Gasteiger partial charge in [-0.15, -0.1) is 0 Å². The van der Waals surface area contributed by atoms with Crippen molar-refractivity contribution >= 4 is 5.97 Å². The number of aromatic nitrogens is 3. The highest BCUT2D eigenvalue weighted by molar-refractivity contribution is 5.71. The van der Waals surface area contributed by atoms with Crippen molar-refractivity contribution < 1.29 is 14.4 Å². The van der Waals surface area contributed by atoms with Crippen LogP contribution in [0.15, 0.2) is 29.0 Å². The molecule has 1 aliphatic carbocycles. The second-order valence-electron chi connectivity index (χ2n) is 4.67. The topological polar surface area (TPSA) is 89.1 Å².